The van der Waals surface area contributed by atoms with Crippen molar-refractivity contribution >= 4 is 24.5 Å². The van der Waals surface area contributed by atoms with Gasteiger partial charge in [0.1, 0.15) is 6.34 Å². The van der Waals surface area contributed by atoms with Crippen molar-refractivity contribution < 1.29 is 0 Å². The van der Waals surface area contributed by atoms with Crippen LogP contribution in [0.1, 0.15) is 27.7 Å². The fraction of sp³-hybridized carbons (Fsp3) is 0.750. The van der Waals surface area contributed by atoms with E-state index in [1.54, 1.807) is 18.3 Å². The Morgan fingerprint density at radius 1 is 1.36 bits per heavy atom. The van der Waals surface area contributed by atoms with E-state index >= 15 is 0 Å². The molecular weight excluding hydrogens is 156 g/mol. The normalized spacial score (nSPS) is 30.9. The van der Waals surface area contributed by atoms with Crippen LogP contribution in [-0.4, -0.2) is 17.3 Å². The van der Waals surface area contributed by atoms with E-state index < -0.39 is 0 Å². The highest BCUT2D eigenvalue weighted by Gasteiger charge is 2.37. The first-order chi connectivity index (χ1) is 4.96. The molecule has 0 saturated heterocycles. The molecule has 0 aromatic heterocycles. The number of rotatable bonds is 0. The number of nitrogens with zero attached hydrogens (tertiary/aromatic N) is 2. The standard InChI is InChI=1S/C8H14N2S/c1-7(2,3)8(4)5-9-6-10-11-8/h5-6H,1-4H3. The molecule has 2 nitrogen and oxygen atoms in total. The third-order valence-electron chi connectivity index (χ3n) is 2.17. The van der Waals surface area contributed by atoms with Crippen molar-refractivity contribution in [1.29, 1.82) is 0 Å². The Kier molecular flexibility index (Phi) is 2.10. The summed E-state index contributed by atoms with van der Waals surface area (Å²) in [7, 11) is 0. The van der Waals surface area contributed by atoms with Gasteiger partial charge in [0, 0.05) is 6.21 Å². The lowest BCUT2D eigenvalue weighted by atomic mass is 9.82. The molecule has 3 heteroatoms. The van der Waals surface area contributed by atoms with E-state index in [1.165, 1.54) is 0 Å². The SMILES string of the molecule is CC(C)(C)C1(C)C=NC=NS1. The molecule has 1 atom stereocenters. The minimum Gasteiger partial charge on any atom is -0.247 e. The lowest BCUT2D eigenvalue weighted by Gasteiger charge is -2.36. The van der Waals surface area contributed by atoms with E-state index in [9.17, 15) is 0 Å². The molecule has 0 N–H and O–H groups in total. The third-order valence-corrected chi connectivity index (χ3v) is 3.46. The second kappa shape index (κ2) is 2.63. The van der Waals surface area contributed by atoms with Gasteiger partial charge in [0.05, 0.1) is 4.75 Å². The van der Waals surface area contributed by atoms with Crippen LogP contribution in [0.3, 0.4) is 0 Å². The van der Waals surface area contributed by atoms with Crippen molar-refractivity contribution in [2.24, 2.45) is 14.8 Å². The average molecular weight is 170 g/mol. The van der Waals surface area contributed by atoms with Gasteiger partial charge in [-0.3, -0.25) is 0 Å². The van der Waals surface area contributed by atoms with Crippen LogP contribution in [0.15, 0.2) is 9.39 Å². The Morgan fingerprint density at radius 3 is 2.27 bits per heavy atom. The van der Waals surface area contributed by atoms with Crippen LogP contribution in [0.4, 0.5) is 0 Å². The van der Waals surface area contributed by atoms with E-state index in [-0.39, 0.29) is 10.2 Å². The first-order valence-corrected chi connectivity index (χ1v) is 4.47. The summed E-state index contributed by atoms with van der Waals surface area (Å²) in [4.78, 5) is 4.06. The molecule has 0 radical (unpaired) electrons. The van der Waals surface area contributed by atoms with Crippen molar-refractivity contribution in [2.75, 3.05) is 0 Å². The zero-order valence-electron chi connectivity index (χ0n) is 7.46. The first-order valence-electron chi connectivity index (χ1n) is 3.70. The molecule has 0 fully saturated rings. The second-order valence-corrected chi connectivity index (χ2v) is 5.19. The van der Waals surface area contributed by atoms with Crippen LogP contribution in [0.5, 0.6) is 0 Å². The fourth-order valence-corrected chi connectivity index (χ4v) is 1.39. The Bertz CT molecular complexity index is 203. The van der Waals surface area contributed by atoms with Gasteiger partial charge < -0.3 is 0 Å². The van der Waals surface area contributed by atoms with Crippen LogP contribution >= 0.6 is 11.9 Å². The molecular formula is C8H14N2S. The molecule has 0 aliphatic carbocycles. The first kappa shape index (κ1) is 8.78. The molecule has 1 aliphatic rings. The molecule has 0 aromatic rings. The van der Waals surface area contributed by atoms with E-state index in [4.69, 9.17) is 0 Å². The summed E-state index contributed by atoms with van der Waals surface area (Å²) in [5, 5.41) is 0. The summed E-state index contributed by atoms with van der Waals surface area (Å²) in [6.45, 7) is 8.77. The van der Waals surface area contributed by atoms with Gasteiger partial charge in [0.25, 0.3) is 0 Å². The largest absolute Gasteiger partial charge is 0.247 e. The van der Waals surface area contributed by atoms with Crippen molar-refractivity contribution in [2.45, 2.75) is 32.4 Å². The van der Waals surface area contributed by atoms with Gasteiger partial charge in [-0.1, -0.05) is 20.8 Å². The molecule has 0 spiro atoms. The van der Waals surface area contributed by atoms with Crippen LogP contribution in [-0.2, 0) is 0 Å². The molecule has 0 aromatic carbocycles. The molecule has 62 valence electrons. The Hall–Kier alpha value is -0.310. The number of aliphatic imine (C=N–C) groups is 1. The van der Waals surface area contributed by atoms with Crippen molar-refractivity contribution in [3.05, 3.63) is 0 Å². The smallest absolute Gasteiger partial charge is 0.123 e. The summed E-state index contributed by atoms with van der Waals surface area (Å²) >= 11 is 1.59. The van der Waals surface area contributed by atoms with Gasteiger partial charge in [-0.05, 0) is 24.3 Å². The summed E-state index contributed by atoms with van der Waals surface area (Å²) in [6.07, 6.45) is 3.57. The predicted molar refractivity (Wildman–Crippen MR) is 52.4 cm³/mol. The summed E-state index contributed by atoms with van der Waals surface area (Å²) in [5.41, 5.74) is 0.207. The maximum Gasteiger partial charge on any atom is 0.123 e. The molecule has 0 bridgehead atoms. The zero-order chi connectivity index (χ0) is 8.54. The molecule has 1 heterocycles. The van der Waals surface area contributed by atoms with Crippen LogP contribution < -0.4 is 0 Å². The maximum atomic E-state index is 4.09. The van der Waals surface area contributed by atoms with Crippen LogP contribution in [0, 0.1) is 5.41 Å². The van der Waals surface area contributed by atoms with Gasteiger partial charge in [0.2, 0.25) is 0 Å². The van der Waals surface area contributed by atoms with Gasteiger partial charge in [-0.2, -0.15) is 0 Å². The van der Waals surface area contributed by atoms with E-state index in [0.717, 1.165) is 0 Å². The third kappa shape index (κ3) is 1.64. The molecule has 11 heavy (non-hydrogen) atoms. The quantitative estimate of drug-likeness (QED) is 0.513. The van der Waals surface area contributed by atoms with Crippen LogP contribution in [0.2, 0.25) is 0 Å². The van der Waals surface area contributed by atoms with E-state index in [2.05, 4.69) is 37.1 Å². The molecule has 1 rings (SSSR count). The summed E-state index contributed by atoms with van der Waals surface area (Å²) < 4.78 is 4.13. The Morgan fingerprint density at radius 2 is 2.00 bits per heavy atom. The average Bonchev–Trinajstić information content (AvgIpc) is 1.87. The van der Waals surface area contributed by atoms with Crippen molar-refractivity contribution in [1.82, 2.24) is 0 Å². The maximum absolute atomic E-state index is 4.09. The van der Waals surface area contributed by atoms with Gasteiger partial charge in [0.15, 0.2) is 0 Å². The molecule has 0 saturated carbocycles. The van der Waals surface area contributed by atoms with E-state index in [0.29, 0.717) is 0 Å². The Balaban J connectivity index is 2.84. The number of hydrogen-bond acceptors (Lipinski definition) is 3. The highest BCUT2D eigenvalue weighted by atomic mass is 32.2. The lowest BCUT2D eigenvalue weighted by molar-refractivity contribution is 0.369. The zero-order valence-corrected chi connectivity index (χ0v) is 8.27. The van der Waals surface area contributed by atoms with E-state index in [1.807, 2.05) is 6.21 Å². The monoisotopic (exact) mass is 170 g/mol. The second-order valence-electron chi connectivity index (χ2n) is 3.95. The van der Waals surface area contributed by atoms with Gasteiger partial charge >= 0.3 is 0 Å². The lowest BCUT2D eigenvalue weighted by Crippen LogP contribution is -2.38. The van der Waals surface area contributed by atoms with Crippen LogP contribution in [0.25, 0.3) is 0 Å². The Labute approximate surface area is 72.3 Å². The summed E-state index contributed by atoms with van der Waals surface area (Å²) in [5.74, 6) is 0. The minimum atomic E-state index is 0.0434. The summed E-state index contributed by atoms with van der Waals surface area (Å²) in [6, 6.07) is 0. The minimum absolute atomic E-state index is 0.0434. The van der Waals surface area contributed by atoms with Gasteiger partial charge in [-0.15, -0.1) is 0 Å². The van der Waals surface area contributed by atoms with Crippen molar-refractivity contribution in [3.63, 3.8) is 0 Å². The topological polar surface area (TPSA) is 24.7 Å². The van der Waals surface area contributed by atoms with Gasteiger partial charge in [-0.25, -0.2) is 9.39 Å². The predicted octanol–water partition coefficient (Wildman–Crippen LogP) is 2.55. The fourth-order valence-electron chi connectivity index (χ4n) is 0.690. The molecule has 1 unspecified atom stereocenters. The van der Waals surface area contributed by atoms with Crippen molar-refractivity contribution in [3.8, 4) is 0 Å². The highest BCUT2D eigenvalue weighted by Crippen LogP contribution is 2.41. The number of hydrogen-bond donors (Lipinski definition) is 0. The molecule has 0 amide bonds. The molecule has 1 aliphatic heterocycles. The highest BCUT2D eigenvalue weighted by molar-refractivity contribution is 8.00.